The van der Waals surface area contributed by atoms with Crippen molar-refractivity contribution < 1.29 is 9.47 Å². The molecule has 3 rings (SSSR count). The molecule has 1 saturated carbocycles. The molecule has 0 bridgehead atoms. The molecule has 2 fully saturated rings. The first-order chi connectivity index (χ1) is 10.9. The highest BCUT2D eigenvalue weighted by Gasteiger charge is 2.58. The molecule has 1 aliphatic heterocycles. The van der Waals surface area contributed by atoms with Crippen LogP contribution in [0.5, 0.6) is 0 Å². The van der Waals surface area contributed by atoms with Crippen molar-refractivity contribution in [2.45, 2.75) is 44.0 Å². The van der Waals surface area contributed by atoms with E-state index in [1.54, 1.807) is 7.11 Å². The van der Waals surface area contributed by atoms with Gasteiger partial charge in [0.1, 0.15) is 0 Å². The van der Waals surface area contributed by atoms with Crippen molar-refractivity contribution in [2.75, 3.05) is 21.2 Å². The van der Waals surface area contributed by atoms with Gasteiger partial charge in [-0.3, -0.25) is 10.4 Å². The second-order valence-corrected chi connectivity index (χ2v) is 12.6. The zero-order valence-corrected chi connectivity index (χ0v) is 16.0. The monoisotopic (exact) mass is 334 g/mol. The van der Waals surface area contributed by atoms with Gasteiger partial charge in [-0.2, -0.15) is 0 Å². The van der Waals surface area contributed by atoms with E-state index >= 15 is 0 Å². The second-order valence-electron chi connectivity index (χ2n) is 7.85. The van der Waals surface area contributed by atoms with Crippen molar-refractivity contribution in [3.8, 4) is 0 Å². The van der Waals surface area contributed by atoms with Crippen molar-refractivity contribution in [1.82, 2.24) is 10.4 Å². The number of hydrogen-bond donors (Lipinski definition) is 1. The van der Waals surface area contributed by atoms with Crippen LogP contribution in [-0.2, 0) is 9.47 Å². The molecule has 1 heterocycles. The van der Waals surface area contributed by atoms with Crippen LogP contribution in [0.1, 0.15) is 6.42 Å². The minimum absolute atomic E-state index is 0.00188. The Labute approximate surface area is 141 Å². The third-order valence-electron chi connectivity index (χ3n) is 5.29. The first kappa shape index (κ1) is 17.1. The number of hydrazine groups is 1. The first-order valence-corrected chi connectivity index (χ1v) is 11.8. The lowest BCUT2D eigenvalue weighted by Gasteiger charge is -2.35. The minimum Gasteiger partial charge on any atom is -0.356 e. The van der Waals surface area contributed by atoms with E-state index in [4.69, 9.17) is 9.47 Å². The normalized spacial score (nSPS) is 31.2. The van der Waals surface area contributed by atoms with E-state index < -0.39 is 8.07 Å². The van der Waals surface area contributed by atoms with Crippen molar-refractivity contribution >= 4 is 13.3 Å². The van der Waals surface area contributed by atoms with Gasteiger partial charge < -0.3 is 9.47 Å². The summed E-state index contributed by atoms with van der Waals surface area (Å²) in [5.41, 5.74) is 3.64. The maximum atomic E-state index is 6.23. The quantitative estimate of drug-likeness (QED) is 0.611. The molecule has 128 valence electrons. The Morgan fingerprint density at radius 2 is 1.96 bits per heavy atom. The van der Waals surface area contributed by atoms with Crippen molar-refractivity contribution in [1.29, 1.82) is 0 Å². The predicted octanol–water partition coefficient (Wildman–Crippen LogP) is 2.04. The fourth-order valence-electron chi connectivity index (χ4n) is 4.03. The van der Waals surface area contributed by atoms with E-state index in [1.165, 1.54) is 17.7 Å². The smallest absolute Gasteiger partial charge is 0.160 e. The van der Waals surface area contributed by atoms with Gasteiger partial charge in [0.05, 0.1) is 14.2 Å². The van der Waals surface area contributed by atoms with Gasteiger partial charge in [0.25, 0.3) is 0 Å². The summed E-state index contributed by atoms with van der Waals surface area (Å²) in [5.74, 6) is 1.27. The van der Waals surface area contributed by atoms with Crippen LogP contribution < -0.4 is 10.6 Å². The number of nitrogens with one attached hydrogen (secondary N) is 1. The summed E-state index contributed by atoms with van der Waals surface area (Å²) < 4.78 is 11.7. The number of hydrogen-bond acceptors (Lipinski definition) is 4. The Kier molecular flexibility index (Phi) is 4.95. The average molecular weight is 335 g/mol. The molecular formula is C18H30N2O2Si. The Bertz CT molecular complexity index is 523. The molecule has 0 radical (unpaired) electrons. The van der Waals surface area contributed by atoms with Crippen LogP contribution in [0.3, 0.4) is 0 Å². The van der Waals surface area contributed by atoms with Crippen LogP contribution in [0.15, 0.2) is 30.3 Å². The zero-order valence-electron chi connectivity index (χ0n) is 15.0. The molecule has 4 nitrogen and oxygen atoms in total. The number of fused-ring (bicyclic) bond motifs is 1. The Morgan fingerprint density at radius 1 is 1.26 bits per heavy atom. The highest BCUT2D eigenvalue weighted by molar-refractivity contribution is 6.89. The summed E-state index contributed by atoms with van der Waals surface area (Å²) in [6.07, 6.45) is 1.52. The average Bonchev–Trinajstić information content (AvgIpc) is 3.21. The van der Waals surface area contributed by atoms with Gasteiger partial charge in [-0.15, -0.1) is 0 Å². The topological polar surface area (TPSA) is 33.7 Å². The van der Waals surface area contributed by atoms with Gasteiger partial charge in [0.2, 0.25) is 0 Å². The van der Waals surface area contributed by atoms with Gasteiger partial charge in [0, 0.05) is 33.2 Å². The molecule has 0 spiro atoms. The molecular weight excluding hydrogens is 304 g/mol. The van der Waals surface area contributed by atoms with Crippen LogP contribution in [0.4, 0.5) is 0 Å². The first-order valence-electron chi connectivity index (χ1n) is 8.59. The van der Waals surface area contributed by atoms with E-state index in [9.17, 15) is 0 Å². The van der Waals surface area contributed by atoms with Crippen LogP contribution in [0, 0.1) is 11.8 Å². The summed E-state index contributed by atoms with van der Waals surface area (Å²) in [6, 6.07) is 12.5. The lowest BCUT2D eigenvalue weighted by molar-refractivity contribution is -0.144. The third kappa shape index (κ3) is 3.69. The molecule has 1 saturated heterocycles. The van der Waals surface area contributed by atoms with Crippen LogP contribution in [-0.4, -0.2) is 52.7 Å². The Balaban J connectivity index is 1.75. The van der Waals surface area contributed by atoms with Gasteiger partial charge in [0.15, 0.2) is 6.29 Å². The van der Waals surface area contributed by atoms with Crippen molar-refractivity contribution in [3.05, 3.63) is 30.3 Å². The number of nitrogens with zero attached hydrogens (tertiary/aromatic N) is 1. The number of rotatable bonds is 7. The van der Waals surface area contributed by atoms with Crippen LogP contribution >= 0.6 is 0 Å². The zero-order chi connectivity index (χ0) is 16.6. The van der Waals surface area contributed by atoms with Crippen LogP contribution in [0.25, 0.3) is 0 Å². The van der Waals surface area contributed by atoms with E-state index in [1.807, 2.05) is 0 Å². The highest BCUT2D eigenvalue weighted by Crippen LogP contribution is 2.53. The van der Waals surface area contributed by atoms with Gasteiger partial charge >= 0.3 is 0 Å². The Morgan fingerprint density at radius 3 is 2.52 bits per heavy atom. The number of ether oxygens (including phenoxy) is 2. The Hall–Kier alpha value is -0.723. The van der Waals surface area contributed by atoms with E-state index in [-0.39, 0.29) is 12.4 Å². The summed E-state index contributed by atoms with van der Waals surface area (Å²) in [4.78, 5) is 0. The van der Waals surface area contributed by atoms with Gasteiger partial charge in [-0.05, 0) is 18.4 Å². The van der Waals surface area contributed by atoms with Crippen molar-refractivity contribution in [2.24, 2.45) is 11.8 Å². The third-order valence-corrected chi connectivity index (χ3v) is 8.65. The molecule has 23 heavy (non-hydrogen) atoms. The van der Waals surface area contributed by atoms with E-state index in [0.29, 0.717) is 17.9 Å². The largest absolute Gasteiger partial charge is 0.356 e. The number of methoxy groups -OCH3 is 1. The fraction of sp³-hybridized carbons (Fsp3) is 0.667. The van der Waals surface area contributed by atoms with E-state index in [2.05, 4.69) is 68.0 Å². The molecule has 0 aromatic heterocycles. The SMILES string of the molecule is CO[C@H]1O[C@H]([C@@H](C[Si](C)(C)c2ccccc2)NN(C)C)[C@@H]2C[C@H]12. The van der Waals surface area contributed by atoms with Crippen molar-refractivity contribution in [3.63, 3.8) is 0 Å². The molecule has 1 aliphatic carbocycles. The standard InChI is InChI=1S/C18H30N2O2Si/c1-20(2)19-16(17-14-11-15(14)18(21-3)22-17)12-23(4,5)13-9-7-6-8-10-13/h6-10,14-19H,11-12H2,1-5H3/t14-,15+,16-,17+,18+/m1/s1. The van der Waals surface area contributed by atoms with Crippen LogP contribution in [0.2, 0.25) is 19.1 Å². The predicted molar refractivity (Wildman–Crippen MR) is 96.2 cm³/mol. The number of benzene rings is 1. The maximum absolute atomic E-state index is 6.23. The van der Waals surface area contributed by atoms with E-state index in [0.717, 1.165) is 0 Å². The molecule has 5 heteroatoms. The lowest BCUT2D eigenvalue weighted by atomic mass is 10.1. The molecule has 0 amide bonds. The maximum Gasteiger partial charge on any atom is 0.160 e. The van der Waals surface area contributed by atoms with Gasteiger partial charge in [-0.1, -0.05) is 48.6 Å². The summed E-state index contributed by atoms with van der Waals surface area (Å²) in [6.45, 7) is 4.92. The van der Waals surface area contributed by atoms with Gasteiger partial charge in [-0.25, -0.2) is 0 Å². The second kappa shape index (κ2) is 6.65. The summed E-state index contributed by atoms with van der Waals surface area (Å²) in [5, 5.41) is 3.58. The summed E-state index contributed by atoms with van der Waals surface area (Å²) >= 11 is 0. The minimum atomic E-state index is -1.53. The lowest BCUT2D eigenvalue weighted by Crippen LogP contribution is -2.54. The highest BCUT2D eigenvalue weighted by atomic mass is 28.3. The summed E-state index contributed by atoms with van der Waals surface area (Å²) in [7, 11) is 4.37. The molecule has 2 aliphatic rings. The molecule has 0 unspecified atom stereocenters. The molecule has 1 aromatic carbocycles. The molecule has 5 atom stereocenters. The molecule has 1 aromatic rings. The molecule has 1 N–H and O–H groups in total. The fourth-order valence-corrected chi connectivity index (χ4v) is 6.78.